The second-order valence-electron chi connectivity index (χ2n) is 6.49. The van der Waals surface area contributed by atoms with Crippen molar-refractivity contribution >= 4 is 11.9 Å². The maximum Gasteiger partial charge on any atom is 0.410 e. The predicted molar refractivity (Wildman–Crippen MR) is 83.6 cm³/mol. The van der Waals surface area contributed by atoms with Gasteiger partial charge in [0.2, 0.25) is 0 Å². The van der Waals surface area contributed by atoms with Crippen molar-refractivity contribution in [2.75, 3.05) is 24.5 Å². The Morgan fingerprint density at radius 1 is 1.41 bits per heavy atom. The first kappa shape index (κ1) is 16.1. The molecule has 22 heavy (non-hydrogen) atoms. The standard InChI is InChI=1S/C16H22N4O2/c1-12-11-19(14-6-5-13(9-17)10-18-14)7-8-20(12)15(21)22-16(2,3)4/h5-6,10,12H,7-8,11H2,1-4H3/t12-/m1/s1. The van der Waals surface area contributed by atoms with Crippen molar-refractivity contribution in [3.8, 4) is 6.07 Å². The molecule has 1 aliphatic rings. The lowest BCUT2D eigenvalue weighted by molar-refractivity contribution is 0.0158. The first-order valence-corrected chi connectivity index (χ1v) is 7.41. The van der Waals surface area contributed by atoms with Gasteiger partial charge in [-0.1, -0.05) is 0 Å². The number of pyridine rings is 1. The zero-order chi connectivity index (χ0) is 16.3. The second kappa shape index (κ2) is 6.22. The Labute approximate surface area is 131 Å². The van der Waals surface area contributed by atoms with Crippen LogP contribution in [0.1, 0.15) is 33.3 Å². The number of carbonyl (C=O) groups excluding carboxylic acids is 1. The van der Waals surface area contributed by atoms with E-state index in [1.165, 1.54) is 0 Å². The number of nitriles is 1. The Bertz CT molecular complexity index is 571. The molecular formula is C16H22N4O2. The molecule has 1 atom stereocenters. The van der Waals surface area contributed by atoms with Gasteiger partial charge in [-0.05, 0) is 39.8 Å². The topological polar surface area (TPSA) is 69.5 Å². The summed E-state index contributed by atoms with van der Waals surface area (Å²) in [4.78, 5) is 20.4. The Kier molecular flexibility index (Phi) is 4.55. The summed E-state index contributed by atoms with van der Waals surface area (Å²) < 4.78 is 5.44. The van der Waals surface area contributed by atoms with Crippen molar-refractivity contribution in [3.63, 3.8) is 0 Å². The molecule has 0 spiro atoms. The van der Waals surface area contributed by atoms with E-state index in [1.54, 1.807) is 17.2 Å². The van der Waals surface area contributed by atoms with Gasteiger partial charge in [0.05, 0.1) is 5.56 Å². The molecule has 1 aliphatic heterocycles. The monoisotopic (exact) mass is 302 g/mol. The number of ether oxygens (including phenoxy) is 1. The van der Waals surface area contributed by atoms with Gasteiger partial charge in [0.1, 0.15) is 17.5 Å². The third-order valence-electron chi connectivity index (χ3n) is 3.46. The van der Waals surface area contributed by atoms with E-state index in [-0.39, 0.29) is 12.1 Å². The van der Waals surface area contributed by atoms with E-state index >= 15 is 0 Å². The normalized spacial score (nSPS) is 18.8. The van der Waals surface area contributed by atoms with E-state index in [9.17, 15) is 4.79 Å². The van der Waals surface area contributed by atoms with Crippen LogP contribution in [0.2, 0.25) is 0 Å². The molecule has 0 radical (unpaired) electrons. The number of hydrogen-bond acceptors (Lipinski definition) is 5. The highest BCUT2D eigenvalue weighted by molar-refractivity contribution is 5.69. The minimum atomic E-state index is -0.484. The molecule has 1 fully saturated rings. The molecule has 118 valence electrons. The molecule has 6 nitrogen and oxygen atoms in total. The van der Waals surface area contributed by atoms with E-state index in [4.69, 9.17) is 10.00 Å². The highest BCUT2D eigenvalue weighted by Crippen LogP contribution is 2.19. The number of anilines is 1. The number of hydrogen-bond donors (Lipinski definition) is 0. The van der Waals surface area contributed by atoms with Gasteiger partial charge < -0.3 is 14.5 Å². The van der Waals surface area contributed by atoms with E-state index in [1.807, 2.05) is 33.8 Å². The van der Waals surface area contributed by atoms with Gasteiger partial charge in [0.15, 0.2) is 0 Å². The van der Waals surface area contributed by atoms with E-state index < -0.39 is 5.60 Å². The lowest BCUT2D eigenvalue weighted by atomic mass is 10.2. The van der Waals surface area contributed by atoms with Crippen LogP contribution in [-0.4, -0.2) is 47.3 Å². The fraction of sp³-hybridized carbons (Fsp3) is 0.562. The van der Waals surface area contributed by atoms with Crippen molar-refractivity contribution in [2.45, 2.75) is 39.3 Å². The molecule has 0 aromatic carbocycles. The Morgan fingerprint density at radius 2 is 2.14 bits per heavy atom. The summed E-state index contributed by atoms with van der Waals surface area (Å²) in [6, 6.07) is 5.70. The maximum absolute atomic E-state index is 12.2. The molecule has 1 saturated heterocycles. The zero-order valence-corrected chi connectivity index (χ0v) is 13.5. The number of rotatable bonds is 1. The van der Waals surface area contributed by atoms with Crippen LogP contribution in [0.15, 0.2) is 18.3 Å². The molecule has 1 amide bonds. The van der Waals surface area contributed by atoms with Crippen LogP contribution in [0.25, 0.3) is 0 Å². The van der Waals surface area contributed by atoms with Gasteiger partial charge in [-0.25, -0.2) is 9.78 Å². The van der Waals surface area contributed by atoms with Crippen LogP contribution < -0.4 is 4.90 Å². The lowest BCUT2D eigenvalue weighted by Gasteiger charge is -2.40. The minimum Gasteiger partial charge on any atom is -0.444 e. The molecule has 2 rings (SSSR count). The van der Waals surface area contributed by atoms with E-state index in [0.717, 1.165) is 5.82 Å². The minimum absolute atomic E-state index is 0.0426. The van der Waals surface area contributed by atoms with Crippen molar-refractivity contribution in [1.29, 1.82) is 5.26 Å². The van der Waals surface area contributed by atoms with Crippen LogP contribution in [0, 0.1) is 11.3 Å². The quantitative estimate of drug-likeness (QED) is 0.796. The summed E-state index contributed by atoms with van der Waals surface area (Å²) in [5.41, 5.74) is 0.0620. The molecule has 0 N–H and O–H groups in total. The molecule has 0 aliphatic carbocycles. The Balaban J connectivity index is 2.00. The van der Waals surface area contributed by atoms with Crippen LogP contribution in [0.5, 0.6) is 0 Å². The average Bonchev–Trinajstić information content (AvgIpc) is 2.45. The van der Waals surface area contributed by atoms with Gasteiger partial charge in [0, 0.05) is 31.9 Å². The molecular weight excluding hydrogens is 280 g/mol. The second-order valence-corrected chi connectivity index (χ2v) is 6.49. The van der Waals surface area contributed by atoms with Crippen molar-refractivity contribution in [3.05, 3.63) is 23.9 Å². The van der Waals surface area contributed by atoms with Crippen LogP contribution >= 0.6 is 0 Å². The maximum atomic E-state index is 12.2. The summed E-state index contributed by atoms with van der Waals surface area (Å²) in [7, 11) is 0. The van der Waals surface area contributed by atoms with Crippen molar-refractivity contribution < 1.29 is 9.53 Å². The fourth-order valence-corrected chi connectivity index (χ4v) is 2.40. The fourth-order valence-electron chi connectivity index (χ4n) is 2.40. The van der Waals surface area contributed by atoms with Gasteiger partial charge in [0.25, 0.3) is 0 Å². The number of piperazine rings is 1. The Hall–Kier alpha value is -2.29. The highest BCUT2D eigenvalue weighted by Gasteiger charge is 2.31. The molecule has 0 unspecified atom stereocenters. The summed E-state index contributed by atoms with van der Waals surface area (Å²) in [5, 5.41) is 8.81. The Morgan fingerprint density at radius 3 is 2.64 bits per heavy atom. The van der Waals surface area contributed by atoms with Gasteiger partial charge in [-0.2, -0.15) is 5.26 Å². The number of amides is 1. The third-order valence-corrected chi connectivity index (χ3v) is 3.46. The largest absolute Gasteiger partial charge is 0.444 e. The van der Waals surface area contributed by atoms with Gasteiger partial charge in [-0.3, -0.25) is 0 Å². The summed E-state index contributed by atoms with van der Waals surface area (Å²) in [5.74, 6) is 0.828. The first-order valence-electron chi connectivity index (χ1n) is 7.41. The predicted octanol–water partition coefficient (Wildman–Crippen LogP) is 2.40. The summed E-state index contributed by atoms with van der Waals surface area (Å²) in [6.45, 7) is 9.59. The molecule has 2 heterocycles. The third kappa shape index (κ3) is 3.88. The average molecular weight is 302 g/mol. The summed E-state index contributed by atoms with van der Waals surface area (Å²) >= 11 is 0. The summed E-state index contributed by atoms with van der Waals surface area (Å²) in [6.07, 6.45) is 1.30. The molecule has 1 aromatic rings. The van der Waals surface area contributed by atoms with Crippen molar-refractivity contribution in [2.24, 2.45) is 0 Å². The smallest absolute Gasteiger partial charge is 0.410 e. The van der Waals surface area contributed by atoms with Gasteiger partial charge >= 0.3 is 6.09 Å². The zero-order valence-electron chi connectivity index (χ0n) is 13.5. The number of carbonyl (C=O) groups is 1. The molecule has 1 aromatic heterocycles. The van der Waals surface area contributed by atoms with Crippen LogP contribution in [-0.2, 0) is 4.74 Å². The first-order chi connectivity index (χ1) is 10.3. The van der Waals surface area contributed by atoms with Crippen LogP contribution in [0.4, 0.5) is 10.6 Å². The SMILES string of the molecule is C[C@@H]1CN(c2ccc(C#N)cn2)CCN1C(=O)OC(C)(C)C. The molecule has 0 saturated carbocycles. The van der Waals surface area contributed by atoms with E-state index in [0.29, 0.717) is 25.2 Å². The molecule has 6 heteroatoms. The highest BCUT2D eigenvalue weighted by atomic mass is 16.6. The van der Waals surface area contributed by atoms with Crippen molar-refractivity contribution in [1.82, 2.24) is 9.88 Å². The number of nitrogens with zero attached hydrogens (tertiary/aromatic N) is 4. The van der Waals surface area contributed by atoms with Gasteiger partial charge in [-0.15, -0.1) is 0 Å². The van der Waals surface area contributed by atoms with Crippen LogP contribution in [0.3, 0.4) is 0 Å². The van der Waals surface area contributed by atoms with E-state index in [2.05, 4.69) is 16.0 Å². The number of aromatic nitrogens is 1. The lowest BCUT2D eigenvalue weighted by Crippen LogP contribution is -2.55. The molecule has 0 bridgehead atoms.